The monoisotopic (exact) mass is 266 g/mol. The molecule has 0 radical (unpaired) electrons. The summed E-state index contributed by atoms with van der Waals surface area (Å²) in [5.41, 5.74) is 7.08. The Morgan fingerprint density at radius 3 is 2.68 bits per heavy atom. The number of anilines is 2. The Labute approximate surface area is 114 Å². The Bertz CT molecular complexity index is 444. The summed E-state index contributed by atoms with van der Waals surface area (Å²) < 4.78 is 10.2. The highest BCUT2D eigenvalue weighted by Crippen LogP contribution is 2.23. The molecule has 5 heteroatoms. The highest BCUT2D eigenvalue weighted by molar-refractivity contribution is 5.96. The average Bonchev–Trinajstić information content (AvgIpc) is 2.31. The maximum Gasteiger partial charge on any atom is 0.340 e. The number of rotatable bonds is 6. The second-order valence-corrected chi connectivity index (χ2v) is 4.97. The molecule has 19 heavy (non-hydrogen) atoms. The number of nitrogens with one attached hydrogen (secondary N) is 1. The van der Waals surface area contributed by atoms with E-state index in [1.165, 1.54) is 0 Å². The number of methoxy groups -OCH3 is 1. The van der Waals surface area contributed by atoms with Gasteiger partial charge in [-0.25, -0.2) is 4.79 Å². The fraction of sp³-hybridized carbons (Fsp3) is 0.500. The molecule has 0 spiro atoms. The van der Waals surface area contributed by atoms with Crippen LogP contribution in [0.3, 0.4) is 0 Å². The molecule has 1 aromatic carbocycles. The van der Waals surface area contributed by atoms with E-state index in [9.17, 15) is 4.79 Å². The van der Waals surface area contributed by atoms with Gasteiger partial charge < -0.3 is 20.5 Å². The predicted octanol–water partition coefficient (Wildman–Crippen LogP) is 2.28. The summed E-state index contributed by atoms with van der Waals surface area (Å²) in [6.07, 6.45) is 0. The molecule has 1 rings (SSSR count). The lowest BCUT2D eigenvalue weighted by Gasteiger charge is -2.27. The molecule has 0 bridgehead atoms. The quantitative estimate of drug-likeness (QED) is 0.610. The van der Waals surface area contributed by atoms with Crippen molar-refractivity contribution in [3.8, 4) is 0 Å². The molecule has 0 amide bonds. The van der Waals surface area contributed by atoms with E-state index in [-0.39, 0.29) is 11.5 Å². The van der Waals surface area contributed by atoms with Crippen LogP contribution in [0.25, 0.3) is 0 Å². The highest BCUT2D eigenvalue weighted by atomic mass is 16.5. The molecule has 0 saturated heterocycles. The van der Waals surface area contributed by atoms with Crippen molar-refractivity contribution in [3.63, 3.8) is 0 Å². The first-order valence-electron chi connectivity index (χ1n) is 6.23. The molecule has 3 N–H and O–H groups in total. The molecule has 106 valence electrons. The van der Waals surface area contributed by atoms with Crippen molar-refractivity contribution in [1.29, 1.82) is 0 Å². The summed E-state index contributed by atoms with van der Waals surface area (Å²) in [5, 5.41) is 3.27. The van der Waals surface area contributed by atoms with Crippen LogP contribution in [0.2, 0.25) is 0 Å². The molecular formula is C14H22N2O3. The summed E-state index contributed by atoms with van der Waals surface area (Å²) in [6.45, 7) is 6.59. The van der Waals surface area contributed by atoms with Crippen LogP contribution in [0, 0.1) is 0 Å². The number of nitrogens with two attached hydrogens (primary N) is 1. The Morgan fingerprint density at radius 2 is 2.11 bits per heavy atom. The Hall–Kier alpha value is -1.75. The average molecular weight is 266 g/mol. The van der Waals surface area contributed by atoms with Gasteiger partial charge in [0.15, 0.2) is 0 Å². The number of carbonyl (C=O) groups is 1. The fourth-order valence-corrected chi connectivity index (χ4v) is 1.81. The van der Waals surface area contributed by atoms with Gasteiger partial charge in [-0.05, 0) is 39.0 Å². The highest BCUT2D eigenvalue weighted by Gasteiger charge is 2.21. The third-order valence-corrected chi connectivity index (χ3v) is 2.52. The first-order chi connectivity index (χ1) is 8.89. The van der Waals surface area contributed by atoms with Crippen LogP contribution in [0.4, 0.5) is 11.4 Å². The molecule has 0 aliphatic rings. The van der Waals surface area contributed by atoms with Gasteiger partial charge in [0.05, 0.1) is 24.3 Å². The number of ether oxygens (including phenoxy) is 2. The molecule has 0 aliphatic carbocycles. The molecule has 5 nitrogen and oxygen atoms in total. The third-order valence-electron chi connectivity index (χ3n) is 2.52. The first kappa shape index (κ1) is 15.3. The summed E-state index contributed by atoms with van der Waals surface area (Å²) in [6, 6.07) is 5.14. The SMILES string of the molecule is CCOC(=O)c1cc(N)ccc1NC(C)(C)COC. The maximum absolute atomic E-state index is 11.9. The smallest absolute Gasteiger partial charge is 0.340 e. The molecule has 0 unspecified atom stereocenters. The molecular weight excluding hydrogens is 244 g/mol. The van der Waals surface area contributed by atoms with Crippen LogP contribution in [-0.2, 0) is 9.47 Å². The summed E-state index contributed by atoms with van der Waals surface area (Å²) in [7, 11) is 1.64. The van der Waals surface area contributed by atoms with Gasteiger partial charge >= 0.3 is 5.97 Å². The number of hydrogen-bond donors (Lipinski definition) is 2. The van der Waals surface area contributed by atoms with Gasteiger partial charge in [-0.2, -0.15) is 0 Å². The summed E-state index contributed by atoms with van der Waals surface area (Å²) in [4.78, 5) is 11.9. The van der Waals surface area contributed by atoms with E-state index >= 15 is 0 Å². The Morgan fingerprint density at radius 1 is 1.42 bits per heavy atom. The van der Waals surface area contributed by atoms with Crippen LogP contribution in [0.15, 0.2) is 18.2 Å². The van der Waals surface area contributed by atoms with Crippen molar-refractivity contribution >= 4 is 17.3 Å². The van der Waals surface area contributed by atoms with E-state index in [1.54, 1.807) is 32.2 Å². The zero-order chi connectivity index (χ0) is 14.5. The van der Waals surface area contributed by atoms with Crippen molar-refractivity contribution in [2.75, 3.05) is 31.4 Å². The van der Waals surface area contributed by atoms with E-state index in [4.69, 9.17) is 15.2 Å². The van der Waals surface area contributed by atoms with Crippen molar-refractivity contribution in [3.05, 3.63) is 23.8 Å². The van der Waals surface area contributed by atoms with Crippen molar-refractivity contribution in [1.82, 2.24) is 0 Å². The van der Waals surface area contributed by atoms with E-state index < -0.39 is 0 Å². The minimum absolute atomic E-state index is 0.299. The second kappa shape index (κ2) is 6.43. The van der Waals surface area contributed by atoms with Gasteiger partial charge in [-0.1, -0.05) is 0 Å². The van der Waals surface area contributed by atoms with Crippen LogP contribution in [-0.4, -0.2) is 31.8 Å². The van der Waals surface area contributed by atoms with Crippen molar-refractivity contribution in [2.24, 2.45) is 0 Å². The lowest BCUT2D eigenvalue weighted by molar-refractivity contribution is 0.0527. The lowest BCUT2D eigenvalue weighted by Crippen LogP contribution is -2.36. The van der Waals surface area contributed by atoms with Gasteiger partial charge in [0.1, 0.15) is 0 Å². The molecule has 0 heterocycles. The second-order valence-electron chi connectivity index (χ2n) is 4.97. The van der Waals surface area contributed by atoms with Gasteiger partial charge in [-0.15, -0.1) is 0 Å². The number of esters is 1. The lowest BCUT2D eigenvalue weighted by atomic mass is 10.0. The first-order valence-corrected chi connectivity index (χ1v) is 6.23. The fourth-order valence-electron chi connectivity index (χ4n) is 1.81. The third kappa shape index (κ3) is 4.44. The Kier molecular flexibility index (Phi) is 5.18. The van der Waals surface area contributed by atoms with Gasteiger partial charge in [0.25, 0.3) is 0 Å². The van der Waals surface area contributed by atoms with E-state index in [0.29, 0.717) is 30.2 Å². The molecule has 0 aliphatic heterocycles. The zero-order valence-electron chi connectivity index (χ0n) is 11.9. The van der Waals surface area contributed by atoms with Gasteiger partial charge in [-0.3, -0.25) is 0 Å². The minimum Gasteiger partial charge on any atom is -0.462 e. The van der Waals surface area contributed by atoms with Crippen LogP contribution >= 0.6 is 0 Å². The largest absolute Gasteiger partial charge is 0.462 e. The molecule has 0 aromatic heterocycles. The molecule has 0 atom stereocenters. The normalized spacial score (nSPS) is 11.2. The van der Waals surface area contributed by atoms with Gasteiger partial charge in [0, 0.05) is 18.5 Å². The standard InChI is InChI=1S/C14H22N2O3/c1-5-19-13(17)11-8-10(15)6-7-12(11)16-14(2,3)9-18-4/h6-8,16H,5,9,15H2,1-4H3. The zero-order valence-corrected chi connectivity index (χ0v) is 11.9. The van der Waals surface area contributed by atoms with E-state index in [1.807, 2.05) is 13.8 Å². The molecule has 0 saturated carbocycles. The number of benzene rings is 1. The van der Waals surface area contributed by atoms with E-state index in [2.05, 4.69) is 5.32 Å². The molecule has 0 fully saturated rings. The topological polar surface area (TPSA) is 73.6 Å². The van der Waals surface area contributed by atoms with Crippen molar-refractivity contribution in [2.45, 2.75) is 26.3 Å². The minimum atomic E-state index is -0.384. The van der Waals surface area contributed by atoms with Crippen LogP contribution < -0.4 is 11.1 Å². The molecule has 1 aromatic rings. The number of carbonyl (C=O) groups excluding carboxylic acids is 1. The number of hydrogen-bond acceptors (Lipinski definition) is 5. The van der Waals surface area contributed by atoms with Crippen LogP contribution in [0.1, 0.15) is 31.1 Å². The van der Waals surface area contributed by atoms with E-state index in [0.717, 1.165) is 0 Å². The van der Waals surface area contributed by atoms with Crippen molar-refractivity contribution < 1.29 is 14.3 Å². The predicted molar refractivity (Wildman–Crippen MR) is 76.4 cm³/mol. The van der Waals surface area contributed by atoms with Gasteiger partial charge in [0.2, 0.25) is 0 Å². The summed E-state index contributed by atoms with van der Waals surface area (Å²) >= 11 is 0. The Balaban J connectivity index is 3.03. The number of nitrogen functional groups attached to an aromatic ring is 1. The summed E-state index contributed by atoms with van der Waals surface area (Å²) in [5.74, 6) is -0.384. The van der Waals surface area contributed by atoms with Crippen LogP contribution in [0.5, 0.6) is 0 Å². The maximum atomic E-state index is 11.9.